The van der Waals surface area contributed by atoms with Crippen LogP contribution >= 0.6 is 0 Å². The molecule has 0 unspecified atom stereocenters. The molecule has 0 bridgehead atoms. The van der Waals surface area contributed by atoms with Crippen LogP contribution in [0.15, 0.2) is 89.8 Å². The van der Waals surface area contributed by atoms with Gasteiger partial charge in [0, 0.05) is 12.6 Å². The number of carbonyl (C=O) groups is 2. The quantitative estimate of drug-likeness (QED) is 0.331. The van der Waals surface area contributed by atoms with E-state index in [4.69, 9.17) is 0 Å². The van der Waals surface area contributed by atoms with Crippen LogP contribution in [0.3, 0.4) is 0 Å². The number of nitrogens with one attached hydrogen (secondary N) is 1. The van der Waals surface area contributed by atoms with Crippen molar-refractivity contribution < 1.29 is 18.0 Å². The number of sulfonamides is 1. The summed E-state index contributed by atoms with van der Waals surface area (Å²) in [5.41, 5.74) is 2.28. The van der Waals surface area contributed by atoms with Crippen LogP contribution in [0, 0.1) is 0 Å². The molecule has 0 fully saturated rings. The van der Waals surface area contributed by atoms with Crippen molar-refractivity contribution >= 4 is 27.5 Å². The minimum absolute atomic E-state index is 0.0527. The molecule has 2 atom stereocenters. The number of hydrogen-bond donors (Lipinski definition) is 1. The molecule has 0 radical (unpaired) electrons. The van der Waals surface area contributed by atoms with Crippen LogP contribution in [0.1, 0.15) is 58.1 Å². The van der Waals surface area contributed by atoms with Crippen molar-refractivity contribution in [1.82, 2.24) is 10.2 Å². The molecule has 3 aromatic rings. The Hall–Kier alpha value is -3.65. The van der Waals surface area contributed by atoms with E-state index in [-0.39, 0.29) is 29.3 Å². The van der Waals surface area contributed by atoms with Gasteiger partial charge in [-0.05, 0) is 61.6 Å². The van der Waals surface area contributed by atoms with Gasteiger partial charge in [-0.1, -0.05) is 81.4 Å². The monoisotopic (exact) mass is 549 g/mol. The molecule has 0 aliphatic heterocycles. The zero-order valence-corrected chi connectivity index (χ0v) is 24.2. The summed E-state index contributed by atoms with van der Waals surface area (Å²) < 4.78 is 28.8. The van der Waals surface area contributed by atoms with Crippen LogP contribution in [-0.2, 0) is 26.2 Å². The molecule has 3 aromatic carbocycles. The van der Waals surface area contributed by atoms with Crippen molar-refractivity contribution in [2.45, 2.75) is 70.5 Å². The SMILES string of the molecule is CC[C@@H](C)NC(=O)[C@H](C)N(Cc1ccccc1)C(=O)CN(c1ccc(C(C)C)cc1)S(=O)(=O)c1ccccc1. The van der Waals surface area contributed by atoms with E-state index in [1.165, 1.54) is 17.0 Å². The van der Waals surface area contributed by atoms with E-state index in [0.717, 1.165) is 21.9 Å². The van der Waals surface area contributed by atoms with Crippen molar-refractivity contribution in [3.63, 3.8) is 0 Å². The fraction of sp³-hybridized carbons (Fsp3) is 0.355. The van der Waals surface area contributed by atoms with Gasteiger partial charge >= 0.3 is 0 Å². The first-order valence-electron chi connectivity index (χ1n) is 13.4. The minimum Gasteiger partial charge on any atom is -0.352 e. The van der Waals surface area contributed by atoms with Gasteiger partial charge in [0.25, 0.3) is 10.0 Å². The molecular formula is C31H39N3O4S. The maximum absolute atomic E-state index is 13.9. The van der Waals surface area contributed by atoms with Gasteiger partial charge in [-0.3, -0.25) is 13.9 Å². The Kier molecular flexibility index (Phi) is 10.3. The van der Waals surface area contributed by atoms with E-state index in [1.807, 2.05) is 56.3 Å². The van der Waals surface area contributed by atoms with Gasteiger partial charge in [-0.15, -0.1) is 0 Å². The predicted molar refractivity (Wildman–Crippen MR) is 156 cm³/mol. The summed E-state index contributed by atoms with van der Waals surface area (Å²) in [5, 5.41) is 2.94. The van der Waals surface area contributed by atoms with Crippen LogP contribution in [0.2, 0.25) is 0 Å². The lowest BCUT2D eigenvalue weighted by molar-refractivity contribution is -0.139. The second-order valence-corrected chi connectivity index (χ2v) is 11.9. The molecule has 0 saturated carbocycles. The lowest BCUT2D eigenvalue weighted by atomic mass is 10.0. The summed E-state index contributed by atoms with van der Waals surface area (Å²) in [7, 11) is -4.07. The van der Waals surface area contributed by atoms with E-state index < -0.39 is 28.5 Å². The van der Waals surface area contributed by atoms with E-state index in [0.29, 0.717) is 5.69 Å². The molecule has 3 rings (SSSR count). The molecule has 0 spiro atoms. The fourth-order valence-corrected chi connectivity index (χ4v) is 5.54. The zero-order valence-electron chi connectivity index (χ0n) is 23.4. The van der Waals surface area contributed by atoms with E-state index in [2.05, 4.69) is 19.2 Å². The average molecular weight is 550 g/mol. The first kappa shape index (κ1) is 29.9. The molecule has 0 heterocycles. The average Bonchev–Trinajstić information content (AvgIpc) is 2.95. The summed E-state index contributed by atoms with van der Waals surface area (Å²) in [6, 6.07) is 23.8. The molecular weight excluding hydrogens is 510 g/mol. The molecule has 7 nitrogen and oxygen atoms in total. The van der Waals surface area contributed by atoms with Gasteiger partial charge in [0.15, 0.2) is 0 Å². The zero-order chi connectivity index (χ0) is 28.6. The highest BCUT2D eigenvalue weighted by Gasteiger charge is 2.32. The van der Waals surface area contributed by atoms with E-state index >= 15 is 0 Å². The van der Waals surface area contributed by atoms with Gasteiger partial charge in [-0.2, -0.15) is 0 Å². The lowest BCUT2D eigenvalue weighted by Gasteiger charge is -2.32. The first-order valence-corrected chi connectivity index (χ1v) is 14.8. The maximum atomic E-state index is 13.9. The molecule has 0 aromatic heterocycles. The molecule has 0 aliphatic rings. The lowest BCUT2D eigenvalue weighted by Crippen LogP contribution is -2.52. The van der Waals surface area contributed by atoms with Crippen LogP contribution < -0.4 is 9.62 Å². The topological polar surface area (TPSA) is 86.8 Å². The molecule has 1 N–H and O–H groups in total. The predicted octanol–water partition coefficient (Wildman–Crippen LogP) is 5.34. The third kappa shape index (κ3) is 7.69. The number of carbonyl (C=O) groups excluding carboxylic acids is 2. The molecule has 208 valence electrons. The maximum Gasteiger partial charge on any atom is 0.264 e. The largest absolute Gasteiger partial charge is 0.352 e. The minimum atomic E-state index is -4.07. The Morgan fingerprint density at radius 1 is 0.821 bits per heavy atom. The summed E-state index contributed by atoms with van der Waals surface area (Å²) in [5.74, 6) is -0.489. The Bertz CT molecular complexity index is 1330. The number of rotatable bonds is 12. The van der Waals surface area contributed by atoms with Crippen LogP contribution in [-0.4, -0.2) is 43.8 Å². The third-order valence-electron chi connectivity index (χ3n) is 6.82. The van der Waals surface area contributed by atoms with Gasteiger partial charge in [0.1, 0.15) is 12.6 Å². The number of nitrogens with zero attached hydrogens (tertiary/aromatic N) is 2. The number of hydrogen-bond acceptors (Lipinski definition) is 4. The number of amides is 2. The Morgan fingerprint density at radius 3 is 1.92 bits per heavy atom. The second kappa shape index (κ2) is 13.4. The highest BCUT2D eigenvalue weighted by molar-refractivity contribution is 7.92. The van der Waals surface area contributed by atoms with Crippen LogP contribution in [0.4, 0.5) is 5.69 Å². The van der Waals surface area contributed by atoms with Crippen molar-refractivity contribution in [3.8, 4) is 0 Å². The standard InChI is InChI=1S/C31H39N3O4S/c1-6-24(4)32-31(36)25(5)33(21-26-13-9-7-10-14-26)30(35)22-34(28-19-17-27(18-20-28)23(2)3)39(37,38)29-15-11-8-12-16-29/h7-20,23-25H,6,21-22H2,1-5H3,(H,32,36)/t24-,25+/m1/s1. The van der Waals surface area contributed by atoms with Gasteiger partial charge in [0.05, 0.1) is 10.6 Å². The molecule has 2 amide bonds. The normalized spacial score (nSPS) is 13.0. The van der Waals surface area contributed by atoms with Gasteiger partial charge in [0.2, 0.25) is 11.8 Å². The summed E-state index contributed by atoms with van der Waals surface area (Å²) in [4.78, 5) is 28.5. The molecule has 0 aliphatic carbocycles. The summed E-state index contributed by atoms with van der Waals surface area (Å²) in [6.07, 6.45) is 0.751. The van der Waals surface area contributed by atoms with Crippen molar-refractivity contribution in [2.75, 3.05) is 10.8 Å². The van der Waals surface area contributed by atoms with Gasteiger partial charge in [-0.25, -0.2) is 8.42 Å². The van der Waals surface area contributed by atoms with Crippen molar-refractivity contribution in [1.29, 1.82) is 0 Å². The number of benzene rings is 3. The molecule has 0 saturated heterocycles. The van der Waals surface area contributed by atoms with E-state index in [1.54, 1.807) is 37.3 Å². The van der Waals surface area contributed by atoms with Crippen molar-refractivity contribution in [3.05, 3.63) is 96.1 Å². The number of anilines is 1. The Morgan fingerprint density at radius 2 is 1.38 bits per heavy atom. The summed E-state index contributed by atoms with van der Waals surface area (Å²) in [6.45, 7) is 9.38. The van der Waals surface area contributed by atoms with Crippen LogP contribution in [0.25, 0.3) is 0 Å². The van der Waals surface area contributed by atoms with Crippen LogP contribution in [0.5, 0.6) is 0 Å². The molecule has 8 heteroatoms. The Balaban J connectivity index is 2.01. The van der Waals surface area contributed by atoms with E-state index in [9.17, 15) is 18.0 Å². The first-order chi connectivity index (χ1) is 18.5. The summed E-state index contributed by atoms with van der Waals surface area (Å²) >= 11 is 0. The van der Waals surface area contributed by atoms with Crippen molar-refractivity contribution in [2.24, 2.45) is 0 Å². The fourth-order valence-electron chi connectivity index (χ4n) is 4.10. The third-order valence-corrected chi connectivity index (χ3v) is 8.61. The highest BCUT2D eigenvalue weighted by Crippen LogP contribution is 2.26. The Labute approximate surface area is 232 Å². The van der Waals surface area contributed by atoms with Gasteiger partial charge < -0.3 is 10.2 Å². The molecule has 39 heavy (non-hydrogen) atoms. The second-order valence-electron chi connectivity index (χ2n) is 10.1. The smallest absolute Gasteiger partial charge is 0.264 e. The highest BCUT2D eigenvalue weighted by atomic mass is 32.2.